The smallest absolute Gasteiger partial charge is 0.319 e. The van der Waals surface area contributed by atoms with Crippen LogP contribution in [-0.2, 0) is 17.7 Å². The Hall–Kier alpha value is -4.01. The van der Waals surface area contributed by atoms with Crippen molar-refractivity contribution in [1.29, 1.82) is 0 Å². The number of pyridine rings is 1. The highest BCUT2D eigenvalue weighted by molar-refractivity contribution is 6.33. The number of ether oxygens (including phenoxy) is 2. The van der Waals surface area contributed by atoms with Crippen LogP contribution in [-0.4, -0.2) is 103 Å². The fourth-order valence-corrected chi connectivity index (χ4v) is 8.25. The number of aryl methyl sites for hydroxylation is 1. The number of aromatic amines is 1. The number of fused-ring (bicyclic) bond motifs is 5. The average molecular weight is 663 g/mol. The molecule has 5 aliphatic heterocycles. The van der Waals surface area contributed by atoms with Gasteiger partial charge in [-0.25, -0.2) is 8.78 Å². The maximum atomic E-state index is 17.1. The van der Waals surface area contributed by atoms with Gasteiger partial charge >= 0.3 is 6.01 Å². The van der Waals surface area contributed by atoms with Gasteiger partial charge in [0.2, 0.25) is 0 Å². The summed E-state index contributed by atoms with van der Waals surface area (Å²) in [5.41, 5.74) is 2.60. The minimum Gasteiger partial charge on any atom is -0.461 e. The van der Waals surface area contributed by atoms with E-state index in [0.717, 1.165) is 30.6 Å². The molecule has 0 saturated carbocycles. The number of benzene rings is 1. The number of halogens is 3. The van der Waals surface area contributed by atoms with Crippen LogP contribution in [0.5, 0.6) is 6.01 Å². The number of aromatic nitrogens is 8. The van der Waals surface area contributed by atoms with E-state index >= 15 is 4.39 Å². The first-order valence-electron chi connectivity index (χ1n) is 16.2. The summed E-state index contributed by atoms with van der Waals surface area (Å²) in [6.07, 6.45) is 7.60. The maximum Gasteiger partial charge on any atom is 0.319 e. The number of anilines is 1. The first-order chi connectivity index (χ1) is 23.0. The van der Waals surface area contributed by atoms with E-state index in [1.54, 1.807) is 23.4 Å². The van der Waals surface area contributed by atoms with Crippen LogP contribution >= 0.6 is 11.6 Å². The molecule has 0 unspecified atom stereocenters. The van der Waals surface area contributed by atoms with Gasteiger partial charge in [-0.15, -0.1) is 0 Å². The normalized spacial score (nSPS) is 24.7. The van der Waals surface area contributed by atoms with E-state index in [4.69, 9.17) is 36.1 Å². The summed E-state index contributed by atoms with van der Waals surface area (Å²) in [6.45, 7) is 3.95. The van der Waals surface area contributed by atoms with Crippen LogP contribution in [0, 0.1) is 5.82 Å². The average Bonchev–Trinajstić information content (AvgIpc) is 3.82. The van der Waals surface area contributed by atoms with Crippen molar-refractivity contribution >= 4 is 39.2 Å². The zero-order valence-electron chi connectivity index (χ0n) is 25.6. The highest BCUT2D eigenvalue weighted by Gasteiger charge is 2.49. The van der Waals surface area contributed by atoms with Gasteiger partial charge < -0.3 is 14.4 Å². The summed E-state index contributed by atoms with van der Waals surface area (Å²) in [4.78, 5) is 20.2. The zero-order valence-corrected chi connectivity index (χ0v) is 26.4. The summed E-state index contributed by atoms with van der Waals surface area (Å²) in [6, 6.07) is 1.85. The minimum absolute atomic E-state index is 0.0423. The van der Waals surface area contributed by atoms with E-state index in [9.17, 15) is 4.39 Å². The van der Waals surface area contributed by atoms with Crippen molar-refractivity contribution in [3.05, 3.63) is 46.8 Å². The number of hydrogen-bond acceptors (Lipinski definition) is 10. The maximum absolute atomic E-state index is 17.1. The molecule has 5 aromatic rings. The third-order valence-electron chi connectivity index (χ3n) is 10.2. The van der Waals surface area contributed by atoms with Crippen LogP contribution in [0.1, 0.15) is 42.9 Å². The number of rotatable bonds is 3. The molecule has 10 rings (SSSR count). The molecule has 3 saturated heterocycles. The molecule has 47 heavy (non-hydrogen) atoms. The molecular formula is C32H33ClF2N10O2. The van der Waals surface area contributed by atoms with E-state index in [0.29, 0.717) is 91.3 Å². The van der Waals surface area contributed by atoms with Crippen LogP contribution in [0.15, 0.2) is 24.7 Å². The summed E-state index contributed by atoms with van der Waals surface area (Å²) in [5, 5.41) is 18.2. The molecule has 4 aromatic heterocycles. The highest BCUT2D eigenvalue weighted by Crippen LogP contribution is 2.42. The Balaban J connectivity index is 1.23. The molecule has 12 nitrogen and oxygen atoms in total. The van der Waals surface area contributed by atoms with Gasteiger partial charge in [0, 0.05) is 54.1 Å². The number of nitrogens with one attached hydrogen (secondary N) is 1. The Kier molecular flexibility index (Phi) is 7.01. The Bertz CT molecular complexity index is 2000. The van der Waals surface area contributed by atoms with E-state index < -0.39 is 17.5 Å². The monoisotopic (exact) mass is 662 g/mol. The molecule has 0 aliphatic carbocycles. The van der Waals surface area contributed by atoms with Crippen LogP contribution in [0.25, 0.3) is 33.1 Å². The van der Waals surface area contributed by atoms with Crippen LogP contribution in [0.2, 0.25) is 5.02 Å². The van der Waals surface area contributed by atoms with E-state index in [1.807, 2.05) is 6.07 Å². The molecule has 3 fully saturated rings. The predicted octanol–water partition coefficient (Wildman–Crippen LogP) is 4.47. The van der Waals surface area contributed by atoms with Gasteiger partial charge in [0.1, 0.15) is 29.8 Å². The Morgan fingerprint density at radius 2 is 2.04 bits per heavy atom. The van der Waals surface area contributed by atoms with Gasteiger partial charge in [0.25, 0.3) is 0 Å². The Morgan fingerprint density at radius 3 is 2.98 bits per heavy atom. The fraction of sp³-hybridized carbons (Fsp3) is 0.500. The third kappa shape index (κ3) is 4.91. The molecule has 5 aliphatic rings. The topological polar surface area (TPSA) is 123 Å². The quantitative estimate of drug-likeness (QED) is 0.296. The lowest BCUT2D eigenvalue weighted by Gasteiger charge is -2.31. The first kappa shape index (κ1) is 29.2. The summed E-state index contributed by atoms with van der Waals surface area (Å²) >= 11 is 6.86. The summed E-state index contributed by atoms with van der Waals surface area (Å²) in [5.74, 6) is -0.201. The lowest BCUT2D eigenvalue weighted by atomic mass is 9.95. The van der Waals surface area contributed by atoms with Crippen LogP contribution in [0.3, 0.4) is 0 Å². The molecule has 0 spiro atoms. The minimum atomic E-state index is -0.899. The van der Waals surface area contributed by atoms with Crippen LogP contribution < -0.4 is 9.64 Å². The molecular weight excluding hydrogens is 630 g/mol. The van der Waals surface area contributed by atoms with Crippen molar-refractivity contribution in [2.45, 2.75) is 56.3 Å². The van der Waals surface area contributed by atoms with Crippen molar-refractivity contribution in [3.8, 4) is 17.3 Å². The second kappa shape index (κ2) is 11.3. The largest absolute Gasteiger partial charge is 0.461 e. The molecule has 1 N–H and O–H groups in total. The van der Waals surface area contributed by atoms with Crippen molar-refractivity contribution in [2.75, 3.05) is 50.9 Å². The summed E-state index contributed by atoms with van der Waals surface area (Å²) < 4.78 is 44.0. The van der Waals surface area contributed by atoms with Gasteiger partial charge in [-0.05, 0) is 43.9 Å². The Labute approximate surface area is 273 Å². The third-order valence-corrected chi connectivity index (χ3v) is 10.6. The van der Waals surface area contributed by atoms with Gasteiger partial charge in [0.15, 0.2) is 5.82 Å². The fourth-order valence-electron chi connectivity index (χ4n) is 7.95. The molecule has 3 atom stereocenters. The molecule has 15 heteroatoms. The van der Waals surface area contributed by atoms with E-state index in [1.165, 1.54) is 0 Å². The SMILES string of the molecule is Fc1c2ncc3c(nc(OC[C@@]45CCCN4C[C@H](F)C5)nc13)N1CCOC[C@H](C1)c1cnn(n1)CCCc1c(Cl)cc3[nH]ncc3c1-2. The van der Waals surface area contributed by atoms with Gasteiger partial charge in [-0.1, -0.05) is 11.6 Å². The second-order valence-corrected chi connectivity index (χ2v) is 13.5. The van der Waals surface area contributed by atoms with Gasteiger partial charge in [-0.3, -0.25) is 15.0 Å². The first-order valence-corrected chi connectivity index (χ1v) is 16.6. The molecule has 0 amide bonds. The molecule has 1 aromatic carbocycles. The number of hydrogen-bond donors (Lipinski definition) is 1. The number of nitrogens with zero attached hydrogens (tertiary/aromatic N) is 9. The standard InChI is InChI=1S/C32H33ClF2N10O2/c33-23-9-24-21(12-37-41-24)26-20(23)3-1-6-45-38-13-25(42-45)18-14-43(7-8-46-16-18)30-22-11-36-29(26)27(35)28(22)39-31(40-30)47-17-32-4-2-5-44(32)15-19(34)10-32/h9,11-13,18-19H,1-8,10,14-17H2,(H,37,41)/t18-,19+,32-/m0/s1. The van der Waals surface area contributed by atoms with Gasteiger partial charge in [-0.2, -0.15) is 30.1 Å². The lowest BCUT2D eigenvalue weighted by molar-refractivity contribution is 0.107. The van der Waals surface area contributed by atoms with E-state index in [-0.39, 0.29) is 29.7 Å². The lowest BCUT2D eigenvalue weighted by Crippen LogP contribution is -2.43. The number of alkyl halides is 1. The number of H-pyrrole nitrogens is 1. The Morgan fingerprint density at radius 1 is 1.11 bits per heavy atom. The van der Waals surface area contributed by atoms with Crippen molar-refractivity contribution in [3.63, 3.8) is 0 Å². The highest BCUT2D eigenvalue weighted by atomic mass is 35.5. The molecule has 244 valence electrons. The molecule has 9 heterocycles. The van der Waals surface area contributed by atoms with Crippen LogP contribution in [0.4, 0.5) is 14.6 Å². The molecule has 0 radical (unpaired) electrons. The van der Waals surface area contributed by atoms with Gasteiger partial charge in [0.05, 0.1) is 54.3 Å². The summed E-state index contributed by atoms with van der Waals surface area (Å²) in [7, 11) is 0. The molecule has 8 bridgehead atoms. The second-order valence-electron chi connectivity index (χ2n) is 13.1. The van der Waals surface area contributed by atoms with Crippen molar-refractivity contribution in [1.82, 2.24) is 45.0 Å². The van der Waals surface area contributed by atoms with Crippen molar-refractivity contribution < 1.29 is 18.3 Å². The van der Waals surface area contributed by atoms with Crippen molar-refractivity contribution in [2.24, 2.45) is 0 Å². The predicted molar refractivity (Wildman–Crippen MR) is 170 cm³/mol. The van der Waals surface area contributed by atoms with E-state index in [2.05, 4.69) is 30.1 Å². The zero-order chi connectivity index (χ0) is 31.7.